The Labute approximate surface area is 174 Å². The summed E-state index contributed by atoms with van der Waals surface area (Å²) in [4.78, 5) is 24.2. The third-order valence-corrected chi connectivity index (χ3v) is 4.98. The fourth-order valence-electron chi connectivity index (χ4n) is 3.64. The predicted molar refractivity (Wildman–Crippen MR) is 117 cm³/mol. The lowest BCUT2D eigenvalue weighted by Crippen LogP contribution is -2.23. The van der Waals surface area contributed by atoms with Crippen molar-refractivity contribution >= 4 is 22.7 Å². The molecular formula is C25H34O4. The van der Waals surface area contributed by atoms with Crippen LogP contribution in [0.4, 0.5) is 0 Å². The minimum absolute atomic E-state index is 0.126. The molecule has 0 fully saturated rings. The van der Waals surface area contributed by atoms with E-state index in [4.69, 9.17) is 9.47 Å². The van der Waals surface area contributed by atoms with Crippen molar-refractivity contribution in [2.45, 2.75) is 77.2 Å². The van der Waals surface area contributed by atoms with Crippen LogP contribution in [-0.4, -0.2) is 24.6 Å². The Morgan fingerprint density at radius 2 is 1.55 bits per heavy atom. The van der Waals surface area contributed by atoms with Crippen LogP contribution in [0.5, 0.6) is 0 Å². The van der Waals surface area contributed by atoms with Crippen LogP contribution in [0, 0.1) is 0 Å². The highest BCUT2D eigenvalue weighted by molar-refractivity contribution is 5.91. The van der Waals surface area contributed by atoms with Crippen LogP contribution < -0.4 is 0 Å². The van der Waals surface area contributed by atoms with Crippen LogP contribution in [0.3, 0.4) is 0 Å². The molecule has 4 heteroatoms. The number of rotatable bonds is 10. The van der Waals surface area contributed by atoms with Gasteiger partial charge in [-0.15, -0.1) is 0 Å². The van der Waals surface area contributed by atoms with Crippen molar-refractivity contribution in [2.24, 2.45) is 0 Å². The van der Waals surface area contributed by atoms with Gasteiger partial charge in [0.05, 0.1) is 13.0 Å². The molecule has 0 bridgehead atoms. The fourth-order valence-corrected chi connectivity index (χ4v) is 3.64. The predicted octanol–water partition coefficient (Wildman–Crippen LogP) is 6.17. The summed E-state index contributed by atoms with van der Waals surface area (Å²) in [5.74, 6) is -0.543. The Kier molecular flexibility index (Phi) is 8.69. The second-order valence-electron chi connectivity index (χ2n) is 8.54. The minimum Gasteiger partial charge on any atom is -0.469 e. The fraction of sp³-hybridized carbons (Fsp3) is 0.520. The number of ether oxygens (including phenoxy) is 2. The average Bonchev–Trinajstić information content (AvgIpc) is 2.68. The molecule has 29 heavy (non-hydrogen) atoms. The third-order valence-electron chi connectivity index (χ3n) is 4.98. The van der Waals surface area contributed by atoms with Crippen LogP contribution in [0.25, 0.3) is 10.8 Å². The summed E-state index contributed by atoms with van der Waals surface area (Å²) in [7, 11) is 1.46. The van der Waals surface area contributed by atoms with Gasteiger partial charge in [-0.1, -0.05) is 68.1 Å². The van der Waals surface area contributed by atoms with E-state index >= 15 is 0 Å². The molecule has 1 atom stereocenters. The van der Waals surface area contributed by atoms with Crippen LogP contribution in [-0.2, 0) is 19.1 Å². The van der Waals surface area contributed by atoms with E-state index in [0.29, 0.717) is 6.42 Å². The first-order chi connectivity index (χ1) is 13.8. The molecule has 0 spiro atoms. The first-order valence-electron chi connectivity index (χ1n) is 10.6. The largest absolute Gasteiger partial charge is 0.469 e. The topological polar surface area (TPSA) is 52.6 Å². The van der Waals surface area contributed by atoms with E-state index < -0.39 is 5.60 Å². The molecule has 0 N–H and O–H groups in total. The maximum atomic E-state index is 12.4. The van der Waals surface area contributed by atoms with Gasteiger partial charge in [-0.25, -0.2) is 0 Å². The van der Waals surface area contributed by atoms with Gasteiger partial charge < -0.3 is 9.47 Å². The lowest BCUT2D eigenvalue weighted by molar-refractivity contribution is -0.155. The smallest absolute Gasteiger partial charge is 0.313 e. The Balaban J connectivity index is 1.82. The number of fused-ring (bicyclic) bond motifs is 1. The van der Waals surface area contributed by atoms with Crippen molar-refractivity contribution in [3.05, 3.63) is 48.0 Å². The maximum Gasteiger partial charge on any atom is 0.313 e. The van der Waals surface area contributed by atoms with Gasteiger partial charge in [0.15, 0.2) is 0 Å². The molecule has 2 aromatic carbocycles. The zero-order valence-electron chi connectivity index (χ0n) is 18.2. The summed E-state index contributed by atoms with van der Waals surface area (Å²) in [6.07, 6.45) is 6.12. The zero-order chi connectivity index (χ0) is 21.3. The van der Waals surface area contributed by atoms with Crippen LogP contribution >= 0.6 is 0 Å². The molecule has 0 saturated heterocycles. The minimum atomic E-state index is -0.415. The SMILES string of the molecule is COC(=O)C(CCCCCCCC(=O)OC(C)(C)C)c1cccc2ccccc12. The van der Waals surface area contributed by atoms with Crippen molar-refractivity contribution in [1.82, 2.24) is 0 Å². The summed E-state index contributed by atoms with van der Waals surface area (Å²) in [5, 5.41) is 2.25. The molecule has 0 aliphatic carbocycles. The molecular weight excluding hydrogens is 364 g/mol. The number of esters is 2. The molecule has 0 heterocycles. The highest BCUT2D eigenvalue weighted by atomic mass is 16.6. The number of carbonyl (C=O) groups excluding carboxylic acids is 2. The molecule has 0 radical (unpaired) electrons. The molecule has 2 rings (SSSR count). The summed E-state index contributed by atoms with van der Waals surface area (Å²) < 4.78 is 10.4. The Morgan fingerprint density at radius 3 is 2.28 bits per heavy atom. The second kappa shape index (κ2) is 11.0. The van der Waals surface area contributed by atoms with Crippen molar-refractivity contribution in [3.63, 3.8) is 0 Å². The average molecular weight is 399 g/mol. The molecule has 0 amide bonds. The molecule has 1 unspecified atom stereocenters. The first kappa shape index (κ1) is 22.9. The van der Waals surface area contributed by atoms with Crippen molar-refractivity contribution in [2.75, 3.05) is 7.11 Å². The number of benzene rings is 2. The normalized spacial score (nSPS) is 12.6. The molecule has 0 aromatic heterocycles. The van der Waals surface area contributed by atoms with E-state index in [-0.39, 0.29) is 17.9 Å². The summed E-state index contributed by atoms with van der Waals surface area (Å²) in [6, 6.07) is 14.3. The Morgan fingerprint density at radius 1 is 0.897 bits per heavy atom. The number of hydrogen-bond donors (Lipinski definition) is 0. The monoisotopic (exact) mass is 398 g/mol. The van der Waals surface area contributed by atoms with E-state index in [9.17, 15) is 9.59 Å². The van der Waals surface area contributed by atoms with Crippen molar-refractivity contribution < 1.29 is 19.1 Å². The quantitative estimate of drug-likeness (QED) is 0.355. The Hall–Kier alpha value is -2.36. The summed E-state index contributed by atoms with van der Waals surface area (Å²) >= 11 is 0. The lowest BCUT2D eigenvalue weighted by Gasteiger charge is -2.19. The highest BCUT2D eigenvalue weighted by Gasteiger charge is 2.22. The third kappa shape index (κ3) is 7.52. The van der Waals surface area contributed by atoms with E-state index in [0.717, 1.165) is 54.9 Å². The van der Waals surface area contributed by atoms with Gasteiger partial charge in [0.25, 0.3) is 0 Å². The summed E-state index contributed by atoms with van der Waals surface area (Å²) in [5.41, 5.74) is 0.626. The van der Waals surface area contributed by atoms with Gasteiger partial charge in [-0.3, -0.25) is 9.59 Å². The molecule has 4 nitrogen and oxygen atoms in total. The highest BCUT2D eigenvalue weighted by Crippen LogP contribution is 2.30. The van der Waals surface area contributed by atoms with Crippen molar-refractivity contribution in [3.8, 4) is 0 Å². The molecule has 158 valence electrons. The van der Waals surface area contributed by atoms with Crippen molar-refractivity contribution in [1.29, 1.82) is 0 Å². The Bertz CT molecular complexity index is 799. The number of unbranched alkanes of at least 4 members (excludes halogenated alkanes) is 4. The van der Waals surface area contributed by atoms with Gasteiger partial charge >= 0.3 is 11.9 Å². The molecule has 2 aromatic rings. The zero-order valence-corrected chi connectivity index (χ0v) is 18.2. The number of carbonyl (C=O) groups is 2. The standard InChI is InChI=1S/C25H34O4/c1-25(2,3)29-23(26)18-9-7-5-6-8-16-22(24(27)28-4)21-17-12-14-19-13-10-11-15-20(19)21/h10-15,17,22H,5-9,16,18H2,1-4H3. The van der Waals surface area contributed by atoms with Gasteiger partial charge in [-0.05, 0) is 49.9 Å². The lowest BCUT2D eigenvalue weighted by atomic mass is 9.89. The van der Waals surface area contributed by atoms with Crippen LogP contribution in [0.1, 0.15) is 77.2 Å². The summed E-state index contributed by atoms with van der Waals surface area (Å²) in [6.45, 7) is 5.66. The molecule has 0 aliphatic rings. The van der Waals surface area contributed by atoms with E-state index in [1.165, 1.54) is 7.11 Å². The second-order valence-corrected chi connectivity index (χ2v) is 8.54. The molecule has 0 aliphatic heterocycles. The van der Waals surface area contributed by atoms with E-state index in [1.807, 2.05) is 45.0 Å². The van der Waals surface area contributed by atoms with Gasteiger partial charge in [0.2, 0.25) is 0 Å². The van der Waals surface area contributed by atoms with Gasteiger partial charge in [-0.2, -0.15) is 0 Å². The maximum absolute atomic E-state index is 12.4. The van der Waals surface area contributed by atoms with Crippen LogP contribution in [0.2, 0.25) is 0 Å². The molecule has 0 saturated carbocycles. The van der Waals surface area contributed by atoms with Gasteiger partial charge in [0.1, 0.15) is 5.60 Å². The van der Waals surface area contributed by atoms with E-state index in [2.05, 4.69) is 18.2 Å². The first-order valence-corrected chi connectivity index (χ1v) is 10.6. The van der Waals surface area contributed by atoms with E-state index in [1.54, 1.807) is 0 Å². The number of methoxy groups -OCH3 is 1. The number of hydrogen-bond acceptors (Lipinski definition) is 4. The van der Waals surface area contributed by atoms with Gasteiger partial charge in [0, 0.05) is 6.42 Å². The van der Waals surface area contributed by atoms with Crippen LogP contribution in [0.15, 0.2) is 42.5 Å².